The van der Waals surface area contributed by atoms with Crippen molar-refractivity contribution in [2.75, 3.05) is 60.5 Å². The number of benzene rings is 1. The summed E-state index contributed by atoms with van der Waals surface area (Å²) in [5.74, 6) is 0.767. The molecule has 1 fully saturated rings. The molecule has 8 heteroatoms. The number of piperidine rings is 1. The highest BCUT2D eigenvalue weighted by atomic mass is 16.7. The van der Waals surface area contributed by atoms with Crippen molar-refractivity contribution in [2.24, 2.45) is 4.99 Å². The van der Waals surface area contributed by atoms with Crippen molar-refractivity contribution < 1.29 is 9.47 Å². The molecule has 0 radical (unpaired) electrons. The first-order valence-corrected chi connectivity index (χ1v) is 11.9. The molecule has 0 amide bonds. The molecule has 0 saturated carbocycles. The molecule has 3 aliphatic rings. The summed E-state index contributed by atoms with van der Waals surface area (Å²) in [4.78, 5) is 9.28. The summed E-state index contributed by atoms with van der Waals surface area (Å²) in [6.45, 7) is 5.63. The maximum atomic E-state index is 5.22. The van der Waals surface area contributed by atoms with Gasteiger partial charge in [-0.3, -0.25) is 4.99 Å². The van der Waals surface area contributed by atoms with Crippen LogP contribution in [0.2, 0.25) is 0 Å². The Morgan fingerprint density at radius 1 is 1.12 bits per heavy atom. The fourth-order valence-electron chi connectivity index (χ4n) is 4.96. The van der Waals surface area contributed by atoms with Crippen LogP contribution in [0.1, 0.15) is 24.0 Å². The van der Waals surface area contributed by atoms with Gasteiger partial charge in [-0.15, -0.1) is 0 Å². The van der Waals surface area contributed by atoms with Gasteiger partial charge in [-0.2, -0.15) is 0 Å². The number of ether oxygens (including phenoxy) is 2. The molecule has 1 unspecified atom stereocenters. The van der Waals surface area contributed by atoms with E-state index in [9.17, 15) is 0 Å². The summed E-state index contributed by atoms with van der Waals surface area (Å²) < 4.78 is 10.4. The number of aliphatic imine (C=N–C) groups is 1. The quantitative estimate of drug-likeness (QED) is 0.328. The summed E-state index contributed by atoms with van der Waals surface area (Å²) in [6.07, 6.45) is 7.62. The first-order chi connectivity index (χ1) is 16.2. The summed E-state index contributed by atoms with van der Waals surface area (Å²) in [5, 5.41) is 10.2. The maximum absolute atomic E-state index is 5.22. The van der Waals surface area contributed by atoms with Crippen LogP contribution >= 0.6 is 0 Å². The largest absolute Gasteiger partial charge is 0.366 e. The number of hydrogen-bond donors (Lipinski definition) is 3. The van der Waals surface area contributed by atoms with Gasteiger partial charge in [0.2, 0.25) is 0 Å². The van der Waals surface area contributed by atoms with Crippen LogP contribution in [0, 0.1) is 0 Å². The molecular formula is C25H38N6O2. The Kier molecular flexibility index (Phi) is 8.25. The fourth-order valence-corrected chi connectivity index (χ4v) is 4.96. The molecule has 0 aliphatic carbocycles. The summed E-state index contributed by atoms with van der Waals surface area (Å²) >= 11 is 0. The van der Waals surface area contributed by atoms with Crippen LogP contribution in [0.4, 0.5) is 0 Å². The summed E-state index contributed by atoms with van der Waals surface area (Å²) in [5.41, 5.74) is 6.01. The lowest BCUT2D eigenvalue weighted by Crippen LogP contribution is -2.45. The second-order valence-electron chi connectivity index (χ2n) is 8.67. The molecule has 8 nitrogen and oxygen atoms in total. The Morgan fingerprint density at radius 2 is 1.91 bits per heavy atom. The molecular weight excluding hydrogens is 416 g/mol. The van der Waals surface area contributed by atoms with Crippen LogP contribution in [-0.2, 0) is 15.9 Å². The van der Waals surface area contributed by atoms with Gasteiger partial charge in [-0.25, -0.2) is 0 Å². The third-order valence-electron chi connectivity index (χ3n) is 6.82. The zero-order chi connectivity index (χ0) is 23.0. The molecule has 3 N–H and O–H groups in total. The normalized spacial score (nSPS) is 21.0. The predicted octanol–water partition coefficient (Wildman–Crippen LogP) is 1.58. The van der Waals surface area contributed by atoms with Gasteiger partial charge in [0.25, 0.3) is 0 Å². The van der Waals surface area contributed by atoms with Crippen molar-refractivity contribution >= 4 is 11.5 Å². The van der Waals surface area contributed by atoms with Crippen LogP contribution in [-0.4, -0.2) is 88.8 Å². The molecule has 1 aromatic carbocycles. The van der Waals surface area contributed by atoms with Gasteiger partial charge >= 0.3 is 0 Å². The van der Waals surface area contributed by atoms with E-state index in [1.807, 2.05) is 0 Å². The Balaban J connectivity index is 1.33. The highest BCUT2D eigenvalue weighted by Gasteiger charge is 2.31. The SMILES string of the molecule is CN=C(NCCN1CCC(=C2c3ccccc3CCN3C=CNC23)CC1)NCC(OC)OC. The number of likely N-dealkylation sites (tertiary alicyclic amines) is 1. The van der Waals surface area contributed by atoms with E-state index in [1.165, 1.54) is 16.7 Å². The van der Waals surface area contributed by atoms with Crippen molar-refractivity contribution in [3.63, 3.8) is 0 Å². The van der Waals surface area contributed by atoms with Crippen LogP contribution in [0.5, 0.6) is 0 Å². The van der Waals surface area contributed by atoms with E-state index in [4.69, 9.17) is 9.47 Å². The first kappa shape index (κ1) is 23.6. The standard InChI is InChI=1S/C25H38N6O2/c1-26-25(29-18-22(32-2)33-3)28-11-16-30-13-8-20(9-14-30)23-21-7-5-4-6-19(21)10-15-31-17-12-27-24(23)31/h4-7,12,17,22,24,27H,8-11,13-16,18H2,1-3H3,(H2,26,28,29). The number of hydrogen-bond acceptors (Lipinski definition) is 6. The number of nitrogens with zero attached hydrogens (tertiary/aromatic N) is 3. The van der Waals surface area contributed by atoms with E-state index in [0.717, 1.165) is 57.9 Å². The van der Waals surface area contributed by atoms with Gasteiger partial charge in [0.05, 0.1) is 6.54 Å². The highest BCUT2D eigenvalue weighted by molar-refractivity contribution is 5.79. The lowest BCUT2D eigenvalue weighted by atomic mass is 9.89. The van der Waals surface area contributed by atoms with E-state index >= 15 is 0 Å². The van der Waals surface area contributed by atoms with Gasteiger partial charge in [-0.05, 0) is 30.4 Å². The molecule has 1 saturated heterocycles. The lowest BCUT2D eigenvalue weighted by molar-refractivity contribution is -0.0966. The average Bonchev–Trinajstić information content (AvgIpc) is 3.26. The summed E-state index contributed by atoms with van der Waals surface area (Å²) in [7, 11) is 5.05. The second-order valence-corrected chi connectivity index (χ2v) is 8.67. The molecule has 0 aromatic heterocycles. The number of nitrogens with one attached hydrogen (secondary N) is 3. The van der Waals surface area contributed by atoms with Crippen LogP contribution in [0.25, 0.3) is 5.57 Å². The Labute approximate surface area is 197 Å². The third kappa shape index (κ3) is 5.69. The zero-order valence-electron chi connectivity index (χ0n) is 20.1. The average molecular weight is 455 g/mol. The smallest absolute Gasteiger partial charge is 0.191 e. The topological polar surface area (TPSA) is 73.4 Å². The molecule has 0 spiro atoms. The highest BCUT2D eigenvalue weighted by Crippen LogP contribution is 2.36. The Morgan fingerprint density at radius 3 is 2.67 bits per heavy atom. The van der Waals surface area contributed by atoms with Gasteiger partial charge < -0.3 is 35.2 Å². The van der Waals surface area contributed by atoms with Crippen LogP contribution < -0.4 is 16.0 Å². The molecule has 1 aromatic rings. The van der Waals surface area contributed by atoms with Crippen LogP contribution in [0.3, 0.4) is 0 Å². The zero-order valence-corrected chi connectivity index (χ0v) is 20.1. The molecule has 3 aliphatic heterocycles. The maximum Gasteiger partial charge on any atom is 0.191 e. The lowest BCUT2D eigenvalue weighted by Gasteiger charge is -2.33. The van der Waals surface area contributed by atoms with Crippen molar-refractivity contribution in [3.05, 3.63) is 53.4 Å². The van der Waals surface area contributed by atoms with E-state index in [2.05, 4.69) is 67.4 Å². The van der Waals surface area contributed by atoms with Gasteiger partial charge in [0.1, 0.15) is 6.17 Å². The van der Waals surface area contributed by atoms with Crippen LogP contribution in [0.15, 0.2) is 47.2 Å². The molecule has 180 valence electrons. The minimum Gasteiger partial charge on any atom is -0.366 e. The summed E-state index contributed by atoms with van der Waals surface area (Å²) in [6, 6.07) is 8.96. The van der Waals surface area contributed by atoms with E-state index < -0.39 is 0 Å². The molecule has 3 heterocycles. The predicted molar refractivity (Wildman–Crippen MR) is 133 cm³/mol. The number of fused-ring (bicyclic) bond motifs is 2. The number of rotatable bonds is 7. The van der Waals surface area contributed by atoms with Gasteiger partial charge in [0.15, 0.2) is 12.2 Å². The van der Waals surface area contributed by atoms with E-state index in [-0.39, 0.29) is 12.5 Å². The van der Waals surface area contributed by atoms with Crippen molar-refractivity contribution in [1.29, 1.82) is 0 Å². The fraction of sp³-hybridized carbons (Fsp3) is 0.560. The Hall–Kier alpha value is -2.55. The monoisotopic (exact) mass is 454 g/mol. The van der Waals surface area contributed by atoms with Gasteiger partial charge in [0, 0.05) is 72.0 Å². The molecule has 0 bridgehead atoms. The van der Waals surface area contributed by atoms with Crippen molar-refractivity contribution in [1.82, 2.24) is 25.8 Å². The Bertz CT molecular complexity index is 869. The third-order valence-corrected chi connectivity index (χ3v) is 6.82. The number of guanidine groups is 1. The van der Waals surface area contributed by atoms with Crippen molar-refractivity contribution in [3.8, 4) is 0 Å². The van der Waals surface area contributed by atoms with Gasteiger partial charge in [-0.1, -0.05) is 29.8 Å². The first-order valence-electron chi connectivity index (χ1n) is 11.9. The minimum absolute atomic E-state index is 0.272. The number of methoxy groups -OCH3 is 2. The molecule has 1 atom stereocenters. The minimum atomic E-state index is -0.285. The second kappa shape index (κ2) is 11.5. The van der Waals surface area contributed by atoms with E-state index in [1.54, 1.807) is 26.8 Å². The van der Waals surface area contributed by atoms with E-state index in [0.29, 0.717) is 6.54 Å². The van der Waals surface area contributed by atoms with Crippen molar-refractivity contribution in [2.45, 2.75) is 31.7 Å². The molecule has 4 rings (SSSR count). The molecule has 33 heavy (non-hydrogen) atoms.